The van der Waals surface area contributed by atoms with Crippen LogP contribution < -0.4 is 10.6 Å². The van der Waals surface area contributed by atoms with Crippen LogP contribution in [0.2, 0.25) is 5.02 Å². The monoisotopic (exact) mass is 420 g/mol. The fourth-order valence-corrected chi connectivity index (χ4v) is 3.12. The van der Waals surface area contributed by atoms with Gasteiger partial charge >= 0.3 is 5.97 Å². The highest BCUT2D eigenvalue weighted by Crippen LogP contribution is 2.16. The Hall–Kier alpha value is -2.51. The third-order valence-electron chi connectivity index (χ3n) is 3.92. The first-order valence-corrected chi connectivity index (χ1v) is 10.3. The Bertz CT molecular complexity index is 842. The Morgan fingerprint density at radius 2 is 1.79 bits per heavy atom. The summed E-state index contributed by atoms with van der Waals surface area (Å²) in [7, 11) is 1.30. The minimum atomic E-state index is -0.725. The zero-order valence-corrected chi connectivity index (χ0v) is 17.1. The predicted octanol–water partition coefficient (Wildman–Crippen LogP) is 3.62. The predicted molar refractivity (Wildman–Crippen MR) is 112 cm³/mol. The largest absolute Gasteiger partial charge is 0.465 e. The number of ether oxygens (including phenoxy) is 1. The maximum absolute atomic E-state index is 12.7. The summed E-state index contributed by atoms with van der Waals surface area (Å²) < 4.78 is 4.65. The Kier molecular flexibility index (Phi) is 8.35. The summed E-state index contributed by atoms with van der Waals surface area (Å²) in [6, 6.07) is 12.3. The van der Waals surface area contributed by atoms with E-state index in [9.17, 15) is 14.4 Å². The maximum atomic E-state index is 12.7. The second-order valence-corrected chi connectivity index (χ2v) is 7.24. The Morgan fingerprint density at radius 3 is 2.39 bits per heavy atom. The van der Waals surface area contributed by atoms with E-state index >= 15 is 0 Å². The van der Waals surface area contributed by atoms with Crippen molar-refractivity contribution in [3.8, 4) is 0 Å². The topological polar surface area (TPSA) is 84.5 Å². The van der Waals surface area contributed by atoms with Crippen LogP contribution in [0.3, 0.4) is 0 Å². The number of rotatable bonds is 8. The van der Waals surface area contributed by atoms with Gasteiger partial charge in [-0.25, -0.2) is 4.79 Å². The van der Waals surface area contributed by atoms with E-state index in [1.165, 1.54) is 7.11 Å². The minimum absolute atomic E-state index is 0.313. The van der Waals surface area contributed by atoms with Gasteiger partial charge in [-0.1, -0.05) is 23.7 Å². The van der Waals surface area contributed by atoms with E-state index in [4.69, 9.17) is 11.6 Å². The van der Waals surface area contributed by atoms with Crippen LogP contribution in [0.25, 0.3) is 0 Å². The first-order chi connectivity index (χ1) is 13.5. The normalized spacial score (nSPS) is 11.4. The van der Waals surface area contributed by atoms with Gasteiger partial charge in [-0.2, -0.15) is 11.8 Å². The van der Waals surface area contributed by atoms with Crippen molar-refractivity contribution in [2.24, 2.45) is 0 Å². The number of hydrogen-bond donors (Lipinski definition) is 2. The quantitative estimate of drug-likeness (QED) is 0.637. The lowest BCUT2D eigenvalue weighted by molar-refractivity contribution is -0.118. The Labute approximate surface area is 173 Å². The minimum Gasteiger partial charge on any atom is -0.465 e. The van der Waals surface area contributed by atoms with Crippen LogP contribution in [0.15, 0.2) is 48.5 Å². The number of methoxy groups -OCH3 is 1. The van der Waals surface area contributed by atoms with Crippen LogP contribution >= 0.6 is 23.4 Å². The summed E-state index contributed by atoms with van der Waals surface area (Å²) in [5.74, 6) is -0.516. The van der Waals surface area contributed by atoms with Gasteiger partial charge in [0, 0.05) is 5.69 Å². The molecule has 0 heterocycles. The molecule has 0 fully saturated rings. The molecule has 0 saturated carbocycles. The number of hydrogen-bond acceptors (Lipinski definition) is 5. The lowest BCUT2D eigenvalue weighted by atomic mass is 10.1. The van der Waals surface area contributed by atoms with E-state index in [2.05, 4.69) is 15.4 Å². The number of nitrogens with one attached hydrogen (secondary N) is 2. The molecule has 0 bridgehead atoms. The molecule has 2 rings (SSSR count). The van der Waals surface area contributed by atoms with Gasteiger partial charge in [-0.05, 0) is 54.8 Å². The average Bonchev–Trinajstić information content (AvgIpc) is 2.71. The number of carbonyl (C=O) groups excluding carboxylic acids is 3. The smallest absolute Gasteiger partial charge is 0.337 e. The second kappa shape index (κ2) is 10.7. The van der Waals surface area contributed by atoms with Gasteiger partial charge < -0.3 is 15.4 Å². The number of halogens is 1. The van der Waals surface area contributed by atoms with Gasteiger partial charge in [-0.15, -0.1) is 0 Å². The van der Waals surface area contributed by atoms with Crippen LogP contribution in [0.5, 0.6) is 0 Å². The van der Waals surface area contributed by atoms with E-state index in [-0.39, 0.29) is 5.91 Å². The number of esters is 1. The van der Waals surface area contributed by atoms with E-state index in [1.807, 2.05) is 6.26 Å². The molecule has 0 aromatic heterocycles. The molecule has 148 valence electrons. The van der Waals surface area contributed by atoms with Crippen LogP contribution in [-0.2, 0) is 9.53 Å². The SMILES string of the molecule is COC(=O)c1ccc(NC(=O)[C@H](CCSC)NC(=O)c2ccccc2Cl)cc1. The molecule has 0 aliphatic carbocycles. The molecule has 1 atom stereocenters. The molecular weight excluding hydrogens is 400 g/mol. The van der Waals surface area contributed by atoms with Crippen molar-refractivity contribution in [2.45, 2.75) is 12.5 Å². The average molecular weight is 421 g/mol. The molecule has 0 unspecified atom stereocenters. The Balaban J connectivity index is 2.09. The third-order valence-corrected chi connectivity index (χ3v) is 4.90. The van der Waals surface area contributed by atoms with E-state index in [0.29, 0.717) is 34.0 Å². The molecule has 0 spiro atoms. The fourth-order valence-electron chi connectivity index (χ4n) is 2.42. The van der Waals surface area contributed by atoms with Gasteiger partial charge in [0.25, 0.3) is 5.91 Å². The highest BCUT2D eigenvalue weighted by molar-refractivity contribution is 7.98. The lowest BCUT2D eigenvalue weighted by Gasteiger charge is -2.18. The zero-order valence-electron chi connectivity index (χ0n) is 15.5. The van der Waals surface area contributed by atoms with E-state index < -0.39 is 17.9 Å². The second-order valence-electron chi connectivity index (χ2n) is 5.85. The molecule has 28 heavy (non-hydrogen) atoms. The molecule has 2 aromatic carbocycles. The summed E-state index contributed by atoms with van der Waals surface area (Å²) >= 11 is 7.64. The number of thioether (sulfide) groups is 1. The molecule has 0 saturated heterocycles. The first-order valence-electron chi connectivity index (χ1n) is 8.49. The van der Waals surface area contributed by atoms with Crippen molar-refractivity contribution in [2.75, 3.05) is 24.4 Å². The number of benzene rings is 2. The summed E-state index contributed by atoms with van der Waals surface area (Å²) in [5.41, 5.74) is 1.21. The maximum Gasteiger partial charge on any atom is 0.337 e. The number of anilines is 1. The molecule has 2 amide bonds. The van der Waals surface area contributed by atoms with Crippen molar-refractivity contribution < 1.29 is 19.1 Å². The van der Waals surface area contributed by atoms with E-state index in [0.717, 1.165) is 0 Å². The molecular formula is C20H21ClN2O4S. The van der Waals surface area contributed by atoms with Crippen molar-refractivity contribution in [1.29, 1.82) is 0 Å². The zero-order chi connectivity index (χ0) is 20.5. The summed E-state index contributed by atoms with van der Waals surface area (Å²) in [4.78, 5) is 36.7. The first kappa shape index (κ1) is 21.8. The van der Waals surface area contributed by atoms with Gasteiger partial charge in [0.1, 0.15) is 6.04 Å². The van der Waals surface area contributed by atoms with Crippen LogP contribution in [0.1, 0.15) is 27.1 Å². The van der Waals surface area contributed by atoms with Crippen LogP contribution in [0, 0.1) is 0 Å². The molecule has 0 aliphatic rings. The highest BCUT2D eigenvalue weighted by atomic mass is 35.5. The molecule has 8 heteroatoms. The van der Waals surface area contributed by atoms with Gasteiger partial charge in [-0.3, -0.25) is 9.59 Å². The van der Waals surface area contributed by atoms with Crippen molar-refractivity contribution in [3.63, 3.8) is 0 Å². The molecule has 2 aromatic rings. The summed E-state index contributed by atoms with van der Waals surface area (Å²) in [5, 5.41) is 5.83. The Morgan fingerprint density at radius 1 is 1.11 bits per heavy atom. The van der Waals surface area contributed by atoms with Crippen molar-refractivity contribution >= 4 is 46.8 Å². The van der Waals surface area contributed by atoms with Gasteiger partial charge in [0.15, 0.2) is 0 Å². The van der Waals surface area contributed by atoms with Crippen molar-refractivity contribution in [1.82, 2.24) is 5.32 Å². The van der Waals surface area contributed by atoms with E-state index in [1.54, 1.807) is 60.3 Å². The molecule has 0 aliphatic heterocycles. The molecule has 6 nitrogen and oxygen atoms in total. The molecule has 0 radical (unpaired) electrons. The van der Waals surface area contributed by atoms with Crippen LogP contribution in [-0.4, -0.2) is 42.9 Å². The number of amides is 2. The lowest BCUT2D eigenvalue weighted by Crippen LogP contribution is -2.44. The fraction of sp³-hybridized carbons (Fsp3) is 0.250. The van der Waals surface area contributed by atoms with Crippen LogP contribution in [0.4, 0.5) is 5.69 Å². The third kappa shape index (κ3) is 6.00. The van der Waals surface area contributed by atoms with Crippen molar-refractivity contribution in [3.05, 3.63) is 64.7 Å². The summed E-state index contributed by atoms with van der Waals surface area (Å²) in [6.07, 6.45) is 2.39. The summed E-state index contributed by atoms with van der Waals surface area (Å²) in [6.45, 7) is 0. The van der Waals surface area contributed by atoms with Gasteiger partial charge in [0.05, 0.1) is 23.3 Å². The molecule has 2 N–H and O–H groups in total. The highest BCUT2D eigenvalue weighted by Gasteiger charge is 2.22. The standard InChI is InChI=1S/C20H21ClN2O4S/c1-27-20(26)13-7-9-14(10-8-13)22-19(25)17(11-12-28-2)23-18(24)15-5-3-4-6-16(15)21/h3-10,17H,11-12H2,1-2H3,(H,22,25)(H,23,24)/t17-/m0/s1. The van der Waals surface area contributed by atoms with Gasteiger partial charge in [0.2, 0.25) is 5.91 Å². The number of carbonyl (C=O) groups is 3.